The lowest BCUT2D eigenvalue weighted by Gasteiger charge is -1.87. The zero-order chi connectivity index (χ0) is 9.42. The molecule has 5 heteroatoms. The summed E-state index contributed by atoms with van der Waals surface area (Å²) in [6.45, 7) is 0. The Labute approximate surface area is 87.0 Å². The second-order valence-corrected chi connectivity index (χ2v) is 5.48. The van der Waals surface area contributed by atoms with E-state index in [0.29, 0.717) is 9.36 Å². The van der Waals surface area contributed by atoms with Crippen molar-refractivity contribution in [2.45, 2.75) is 4.34 Å². The zero-order valence-electron chi connectivity index (χ0n) is 6.78. The lowest BCUT2D eigenvalue weighted by Crippen LogP contribution is -1.83. The quantitative estimate of drug-likeness (QED) is 0.756. The van der Waals surface area contributed by atoms with Gasteiger partial charge in [0.15, 0.2) is 4.34 Å². The zero-order valence-corrected chi connectivity index (χ0v) is 9.17. The second-order valence-electron chi connectivity index (χ2n) is 2.52. The second kappa shape index (κ2) is 3.36. The summed E-state index contributed by atoms with van der Waals surface area (Å²) in [5, 5.41) is 0.673. The number of hydrogen-bond donors (Lipinski definition) is 0. The van der Waals surface area contributed by atoms with Crippen LogP contribution in [-0.2, 0) is 10.8 Å². The van der Waals surface area contributed by atoms with E-state index in [1.54, 1.807) is 6.26 Å². The van der Waals surface area contributed by atoms with Gasteiger partial charge < -0.3 is 0 Å². The molecule has 0 aliphatic carbocycles. The highest BCUT2D eigenvalue weighted by Gasteiger charge is 2.08. The van der Waals surface area contributed by atoms with Crippen LogP contribution in [0.4, 0.5) is 0 Å². The van der Waals surface area contributed by atoms with E-state index in [1.165, 1.54) is 11.3 Å². The minimum atomic E-state index is -1.02. The van der Waals surface area contributed by atoms with Crippen LogP contribution < -0.4 is 0 Å². The molecule has 0 amide bonds. The molecule has 13 heavy (non-hydrogen) atoms. The summed E-state index contributed by atoms with van der Waals surface area (Å²) in [5.74, 6) is 0. The van der Waals surface area contributed by atoms with Gasteiger partial charge in [0, 0.05) is 6.26 Å². The van der Waals surface area contributed by atoms with E-state index < -0.39 is 10.8 Å². The largest absolute Gasteiger partial charge is 0.252 e. The van der Waals surface area contributed by atoms with Crippen molar-refractivity contribution >= 4 is 44.0 Å². The summed E-state index contributed by atoms with van der Waals surface area (Å²) in [6.07, 6.45) is 1.62. The molecule has 2 rings (SSSR count). The maximum absolute atomic E-state index is 11.1. The maximum Gasteiger partial charge on any atom is 0.181 e. The highest BCUT2D eigenvalue weighted by Crippen LogP contribution is 2.30. The van der Waals surface area contributed by atoms with Gasteiger partial charge in [0.2, 0.25) is 0 Å². The Bertz CT molecular complexity index is 480. The van der Waals surface area contributed by atoms with Crippen LogP contribution in [0.25, 0.3) is 10.2 Å². The first-order valence-electron chi connectivity index (χ1n) is 3.57. The van der Waals surface area contributed by atoms with Crippen molar-refractivity contribution in [3.63, 3.8) is 0 Å². The summed E-state index contributed by atoms with van der Waals surface area (Å²) < 4.78 is 12.7. The summed E-state index contributed by atoms with van der Waals surface area (Å²) in [6, 6.07) is 5.52. The van der Waals surface area contributed by atoms with Crippen molar-refractivity contribution in [2.24, 2.45) is 0 Å². The Morgan fingerprint density at radius 2 is 2.31 bits per heavy atom. The molecule has 0 aliphatic rings. The molecule has 0 saturated heterocycles. The third-order valence-corrected chi connectivity index (χ3v) is 4.46. The number of benzene rings is 1. The molecule has 0 unspecified atom stereocenters. The molecule has 2 aromatic rings. The standard InChI is InChI=1S/C8H6ClNOS2/c1-13(11)8-10-6-4-2-3-5(9)7(6)12-8/h2-4H,1H3/t13-/m1/s1. The third kappa shape index (κ3) is 1.61. The first kappa shape index (κ1) is 9.12. The van der Waals surface area contributed by atoms with Crippen LogP contribution in [0.1, 0.15) is 0 Å². The fourth-order valence-corrected chi connectivity index (χ4v) is 2.95. The molecule has 0 fully saturated rings. The lowest BCUT2D eigenvalue weighted by atomic mass is 10.3. The summed E-state index contributed by atoms with van der Waals surface area (Å²) in [5.41, 5.74) is 0.822. The SMILES string of the molecule is C[S@@](=O)c1nc2cccc(Cl)c2s1. The third-order valence-electron chi connectivity index (χ3n) is 1.59. The van der Waals surface area contributed by atoms with Crippen LogP contribution in [0.15, 0.2) is 22.5 Å². The molecule has 0 aliphatic heterocycles. The van der Waals surface area contributed by atoms with Gasteiger partial charge in [-0.3, -0.25) is 4.21 Å². The molecule has 0 spiro atoms. The van der Waals surface area contributed by atoms with E-state index in [0.717, 1.165) is 10.2 Å². The van der Waals surface area contributed by atoms with E-state index in [2.05, 4.69) is 4.98 Å². The molecular formula is C8H6ClNOS2. The van der Waals surface area contributed by atoms with Crippen molar-refractivity contribution < 1.29 is 4.21 Å². The Morgan fingerprint density at radius 1 is 1.54 bits per heavy atom. The Balaban J connectivity index is 2.75. The van der Waals surface area contributed by atoms with Gasteiger partial charge in [0.1, 0.15) is 0 Å². The first-order valence-corrected chi connectivity index (χ1v) is 6.32. The predicted octanol–water partition coefficient (Wildman–Crippen LogP) is 2.69. The van der Waals surface area contributed by atoms with Crippen LogP contribution in [0.5, 0.6) is 0 Å². The van der Waals surface area contributed by atoms with Crippen LogP contribution >= 0.6 is 22.9 Å². The van der Waals surface area contributed by atoms with Crippen molar-refractivity contribution in [1.29, 1.82) is 0 Å². The number of nitrogens with zero attached hydrogens (tertiary/aromatic N) is 1. The molecule has 0 N–H and O–H groups in total. The van der Waals surface area contributed by atoms with Gasteiger partial charge >= 0.3 is 0 Å². The minimum absolute atomic E-state index is 0.628. The minimum Gasteiger partial charge on any atom is -0.252 e. The van der Waals surface area contributed by atoms with Crippen LogP contribution in [0.2, 0.25) is 5.02 Å². The summed E-state index contributed by atoms with van der Waals surface area (Å²) in [4.78, 5) is 4.21. The smallest absolute Gasteiger partial charge is 0.181 e. The molecule has 0 radical (unpaired) electrons. The van der Waals surface area contributed by atoms with Crippen molar-refractivity contribution in [2.75, 3.05) is 6.26 Å². The van der Waals surface area contributed by atoms with Crippen LogP contribution in [0.3, 0.4) is 0 Å². The Morgan fingerprint density at radius 3 is 2.92 bits per heavy atom. The molecule has 0 bridgehead atoms. The van der Waals surface area contributed by atoms with E-state index in [9.17, 15) is 4.21 Å². The Hall–Kier alpha value is -0.450. The van der Waals surface area contributed by atoms with Gasteiger partial charge in [-0.1, -0.05) is 17.7 Å². The number of halogens is 1. The molecule has 68 valence electrons. The fraction of sp³-hybridized carbons (Fsp3) is 0.125. The van der Waals surface area contributed by atoms with E-state index in [4.69, 9.17) is 11.6 Å². The molecule has 1 atom stereocenters. The lowest BCUT2D eigenvalue weighted by molar-refractivity contribution is 0.686. The monoisotopic (exact) mass is 231 g/mol. The van der Waals surface area contributed by atoms with Gasteiger partial charge in [0.05, 0.1) is 26.0 Å². The summed E-state index contributed by atoms with van der Waals surface area (Å²) in [7, 11) is -1.02. The van der Waals surface area contributed by atoms with Gasteiger partial charge in [-0.25, -0.2) is 4.98 Å². The molecular weight excluding hydrogens is 226 g/mol. The molecule has 2 nitrogen and oxygen atoms in total. The number of aromatic nitrogens is 1. The molecule has 1 aromatic carbocycles. The first-order chi connectivity index (χ1) is 6.18. The van der Waals surface area contributed by atoms with Crippen molar-refractivity contribution in [3.05, 3.63) is 23.2 Å². The normalized spacial score (nSPS) is 13.4. The predicted molar refractivity (Wildman–Crippen MR) is 57.0 cm³/mol. The van der Waals surface area contributed by atoms with Gasteiger partial charge in [-0.2, -0.15) is 0 Å². The highest BCUT2D eigenvalue weighted by molar-refractivity contribution is 7.86. The van der Waals surface area contributed by atoms with Crippen LogP contribution in [-0.4, -0.2) is 15.4 Å². The number of rotatable bonds is 1. The number of hydrogen-bond acceptors (Lipinski definition) is 3. The maximum atomic E-state index is 11.1. The van der Waals surface area contributed by atoms with Crippen molar-refractivity contribution in [1.82, 2.24) is 4.98 Å². The van der Waals surface area contributed by atoms with Crippen LogP contribution in [0, 0.1) is 0 Å². The topological polar surface area (TPSA) is 30.0 Å². The highest BCUT2D eigenvalue weighted by atomic mass is 35.5. The van der Waals surface area contributed by atoms with Gasteiger partial charge in [-0.05, 0) is 12.1 Å². The van der Waals surface area contributed by atoms with E-state index in [1.807, 2.05) is 18.2 Å². The van der Waals surface area contributed by atoms with E-state index >= 15 is 0 Å². The van der Waals surface area contributed by atoms with Gasteiger partial charge in [0.25, 0.3) is 0 Å². The molecule has 1 heterocycles. The summed E-state index contributed by atoms with van der Waals surface area (Å²) >= 11 is 7.34. The van der Waals surface area contributed by atoms with Gasteiger partial charge in [-0.15, -0.1) is 11.3 Å². The Kier molecular flexibility index (Phi) is 2.36. The van der Waals surface area contributed by atoms with E-state index in [-0.39, 0.29) is 0 Å². The fourth-order valence-electron chi connectivity index (χ4n) is 1.02. The average molecular weight is 232 g/mol. The number of fused-ring (bicyclic) bond motifs is 1. The average Bonchev–Trinajstić information content (AvgIpc) is 2.49. The molecule has 0 saturated carbocycles. The van der Waals surface area contributed by atoms with Crippen molar-refractivity contribution in [3.8, 4) is 0 Å². The molecule has 1 aromatic heterocycles. The number of thiazole rings is 1.